The number of aliphatic hydroxyl groups excluding tert-OH is 1. The van der Waals surface area contributed by atoms with Crippen molar-refractivity contribution in [1.29, 1.82) is 0 Å². The SMILES string of the molecule is CCCN1CCCCOc2cc(F)cc(c2)CC(C(O)CNCc2cccc(C(F)(F)F)c2)NC(=O)c2cc(cc(-c3ncco3)c2)C1. The Kier molecular flexibility index (Phi) is 11.9. The van der Waals surface area contributed by atoms with E-state index in [0.29, 0.717) is 47.0 Å². The zero-order valence-corrected chi connectivity index (χ0v) is 26.7. The summed E-state index contributed by atoms with van der Waals surface area (Å²) in [5, 5.41) is 17.3. The number of alkyl halides is 3. The number of hydrogen-bond donors (Lipinski definition) is 3. The van der Waals surface area contributed by atoms with Crippen LogP contribution in [0.4, 0.5) is 17.6 Å². The van der Waals surface area contributed by atoms with E-state index in [1.54, 1.807) is 24.3 Å². The molecule has 3 aromatic carbocycles. The number of carbonyl (C=O) groups excluding carboxylic acids is 1. The summed E-state index contributed by atoms with van der Waals surface area (Å²) in [7, 11) is 0. The van der Waals surface area contributed by atoms with Crippen molar-refractivity contribution in [2.75, 3.05) is 26.2 Å². The zero-order valence-electron chi connectivity index (χ0n) is 26.7. The number of aromatic nitrogens is 1. The first-order valence-corrected chi connectivity index (χ1v) is 16.1. The smallest absolute Gasteiger partial charge is 0.416 e. The van der Waals surface area contributed by atoms with E-state index >= 15 is 0 Å². The molecule has 4 aromatic rings. The van der Waals surface area contributed by atoms with Gasteiger partial charge >= 0.3 is 6.18 Å². The molecule has 0 fully saturated rings. The highest BCUT2D eigenvalue weighted by Gasteiger charge is 2.30. The highest BCUT2D eigenvalue weighted by atomic mass is 19.4. The summed E-state index contributed by atoms with van der Waals surface area (Å²) in [6.45, 7) is 4.73. The lowest BCUT2D eigenvalue weighted by Gasteiger charge is -2.26. The van der Waals surface area contributed by atoms with Crippen LogP contribution < -0.4 is 15.4 Å². The first kappa shape index (κ1) is 35.1. The molecule has 2 atom stereocenters. The van der Waals surface area contributed by atoms with Crippen LogP contribution in [0, 0.1) is 5.82 Å². The second-order valence-electron chi connectivity index (χ2n) is 12.1. The topological polar surface area (TPSA) is 99.9 Å². The molecule has 256 valence electrons. The maximum absolute atomic E-state index is 14.7. The van der Waals surface area contributed by atoms with E-state index in [-0.39, 0.29) is 19.5 Å². The first-order chi connectivity index (χ1) is 23.1. The number of oxazole rings is 1. The lowest BCUT2D eigenvalue weighted by molar-refractivity contribution is -0.137. The summed E-state index contributed by atoms with van der Waals surface area (Å²) in [6, 6.07) is 13.8. The van der Waals surface area contributed by atoms with Gasteiger partial charge < -0.3 is 24.9 Å². The third-order valence-corrected chi connectivity index (χ3v) is 8.12. The van der Waals surface area contributed by atoms with E-state index < -0.39 is 35.6 Å². The largest absolute Gasteiger partial charge is 0.493 e. The van der Waals surface area contributed by atoms with Gasteiger partial charge in [-0.3, -0.25) is 9.69 Å². The molecule has 0 saturated carbocycles. The van der Waals surface area contributed by atoms with Crippen molar-refractivity contribution in [3.05, 3.63) is 107 Å². The summed E-state index contributed by atoms with van der Waals surface area (Å²) in [4.78, 5) is 20.4. The van der Waals surface area contributed by atoms with Crippen LogP contribution >= 0.6 is 0 Å². The van der Waals surface area contributed by atoms with Crippen molar-refractivity contribution >= 4 is 5.91 Å². The van der Waals surface area contributed by atoms with Gasteiger partial charge in [0.25, 0.3) is 5.91 Å². The predicted molar refractivity (Wildman–Crippen MR) is 173 cm³/mol. The van der Waals surface area contributed by atoms with Crippen LogP contribution in [0.1, 0.15) is 58.8 Å². The normalized spacial score (nSPS) is 17.3. The number of halogens is 4. The fraction of sp³-hybridized carbons (Fsp3) is 0.389. The lowest BCUT2D eigenvalue weighted by Crippen LogP contribution is -2.48. The standard InChI is InChI=1S/C36H40F4N4O4/c1-2-9-44-10-3-4-11-47-31-17-25(16-30(37)20-31)18-32(33(45)22-41-21-24-6-5-7-29(15-24)36(38,39)40)43-34(46)27-13-26(23-44)14-28(19-27)35-42-8-12-48-35/h5-8,12-17,19-20,32-33,41,45H,2-4,9-11,18,21-23H2,1H3,(H,43,46). The predicted octanol–water partition coefficient (Wildman–Crippen LogP) is 6.38. The third-order valence-electron chi connectivity index (χ3n) is 8.12. The molecule has 0 spiro atoms. The van der Waals surface area contributed by atoms with E-state index in [1.165, 1.54) is 30.7 Å². The molecular formula is C36H40F4N4O4. The number of nitrogens with zero attached hydrogens (tertiary/aromatic N) is 2. The number of amides is 1. The number of rotatable bonds is 8. The number of nitrogens with one attached hydrogen (secondary N) is 2. The maximum atomic E-state index is 14.7. The van der Waals surface area contributed by atoms with Gasteiger partial charge in [0.05, 0.1) is 30.5 Å². The molecule has 0 saturated heterocycles. The highest BCUT2D eigenvalue weighted by Crippen LogP contribution is 2.29. The fourth-order valence-corrected chi connectivity index (χ4v) is 5.85. The van der Waals surface area contributed by atoms with Gasteiger partial charge in [-0.1, -0.05) is 25.1 Å². The molecule has 48 heavy (non-hydrogen) atoms. The molecule has 1 aromatic heterocycles. The number of carbonyl (C=O) groups is 1. The lowest BCUT2D eigenvalue weighted by atomic mass is 9.99. The van der Waals surface area contributed by atoms with Crippen LogP contribution in [0.15, 0.2) is 77.5 Å². The van der Waals surface area contributed by atoms with Crippen LogP contribution in [0.3, 0.4) is 0 Å². The summed E-state index contributed by atoms with van der Waals surface area (Å²) >= 11 is 0. The van der Waals surface area contributed by atoms with Crippen molar-refractivity contribution < 1.29 is 36.6 Å². The molecule has 0 aliphatic carbocycles. The Morgan fingerprint density at radius 3 is 2.69 bits per heavy atom. The van der Waals surface area contributed by atoms with E-state index in [2.05, 4.69) is 27.4 Å². The summed E-state index contributed by atoms with van der Waals surface area (Å²) in [5.74, 6) is -0.270. The number of fused-ring (bicyclic) bond motifs is 4. The third kappa shape index (κ3) is 9.88. The van der Waals surface area contributed by atoms with Gasteiger partial charge in [0.1, 0.15) is 17.8 Å². The van der Waals surface area contributed by atoms with Gasteiger partial charge in [0, 0.05) is 36.8 Å². The molecule has 1 aliphatic heterocycles. The number of benzene rings is 3. The monoisotopic (exact) mass is 668 g/mol. The van der Waals surface area contributed by atoms with Gasteiger partial charge in [-0.25, -0.2) is 9.37 Å². The van der Waals surface area contributed by atoms with E-state index in [4.69, 9.17) is 9.15 Å². The molecule has 2 unspecified atom stereocenters. The quantitative estimate of drug-likeness (QED) is 0.188. The van der Waals surface area contributed by atoms with Crippen LogP contribution in [0.2, 0.25) is 0 Å². The summed E-state index contributed by atoms with van der Waals surface area (Å²) in [5.41, 5.74) is 1.96. The molecule has 12 heteroatoms. The number of hydrogen-bond acceptors (Lipinski definition) is 7. The van der Waals surface area contributed by atoms with Gasteiger partial charge in [-0.05, 0) is 91.9 Å². The van der Waals surface area contributed by atoms with E-state index in [0.717, 1.165) is 50.0 Å². The van der Waals surface area contributed by atoms with E-state index in [1.807, 2.05) is 6.07 Å². The van der Waals surface area contributed by atoms with Crippen molar-refractivity contribution in [1.82, 2.24) is 20.5 Å². The summed E-state index contributed by atoms with van der Waals surface area (Å²) < 4.78 is 65.8. The van der Waals surface area contributed by atoms with Crippen molar-refractivity contribution in [3.63, 3.8) is 0 Å². The van der Waals surface area contributed by atoms with Gasteiger partial charge in [0.2, 0.25) is 5.89 Å². The minimum absolute atomic E-state index is 0.0510. The average Bonchev–Trinajstić information content (AvgIpc) is 3.59. The second-order valence-corrected chi connectivity index (χ2v) is 12.1. The highest BCUT2D eigenvalue weighted by molar-refractivity contribution is 5.95. The van der Waals surface area contributed by atoms with Crippen LogP contribution in [-0.4, -0.2) is 59.3 Å². The minimum atomic E-state index is -4.48. The fourth-order valence-electron chi connectivity index (χ4n) is 5.85. The van der Waals surface area contributed by atoms with Crippen LogP contribution in [0.5, 0.6) is 5.75 Å². The molecule has 4 bridgehead atoms. The molecule has 1 aliphatic rings. The zero-order chi connectivity index (χ0) is 34.1. The molecule has 8 nitrogen and oxygen atoms in total. The molecule has 2 heterocycles. The Morgan fingerprint density at radius 1 is 1.08 bits per heavy atom. The average molecular weight is 669 g/mol. The molecular weight excluding hydrogens is 628 g/mol. The number of ether oxygens (including phenoxy) is 1. The molecule has 0 radical (unpaired) electrons. The Labute approximate surface area is 277 Å². The van der Waals surface area contributed by atoms with Crippen LogP contribution in [-0.2, 0) is 25.7 Å². The van der Waals surface area contributed by atoms with E-state index in [9.17, 15) is 27.5 Å². The summed E-state index contributed by atoms with van der Waals surface area (Å²) in [6.07, 6.45) is -0.0670. The second kappa shape index (κ2) is 16.2. The maximum Gasteiger partial charge on any atom is 0.416 e. The molecule has 1 amide bonds. The van der Waals surface area contributed by atoms with Gasteiger partial charge in [0.15, 0.2) is 0 Å². The van der Waals surface area contributed by atoms with Crippen molar-refractivity contribution in [3.8, 4) is 17.2 Å². The Balaban J connectivity index is 1.43. The van der Waals surface area contributed by atoms with Crippen molar-refractivity contribution in [2.45, 2.75) is 64.0 Å². The van der Waals surface area contributed by atoms with Crippen molar-refractivity contribution in [2.24, 2.45) is 0 Å². The van der Waals surface area contributed by atoms with Gasteiger partial charge in [-0.15, -0.1) is 0 Å². The van der Waals surface area contributed by atoms with Crippen LogP contribution in [0.25, 0.3) is 11.5 Å². The Morgan fingerprint density at radius 2 is 1.92 bits per heavy atom. The minimum Gasteiger partial charge on any atom is -0.493 e. The number of aliphatic hydroxyl groups is 1. The van der Waals surface area contributed by atoms with Gasteiger partial charge in [-0.2, -0.15) is 13.2 Å². The molecule has 3 N–H and O–H groups in total. The molecule has 5 rings (SSSR count). The Bertz CT molecular complexity index is 1650. The Hall–Kier alpha value is -4.26. The first-order valence-electron chi connectivity index (χ1n) is 16.1.